The number of nitrogens with one attached hydrogen (secondary N) is 2. The van der Waals surface area contributed by atoms with Gasteiger partial charge in [0.2, 0.25) is 5.91 Å². The Morgan fingerprint density at radius 1 is 1.03 bits per heavy atom. The number of ether oxygens (including phenoxy) is 1. The molecule has 3 N–H and O–H groups in total. The van der Waals surface area contributed by atoms with Crippen LogP contribution in [0.2, 0.25) is 0 Å². The molecule has 0 aliphatic heterocycles. The van der Waals surface area contributed by atoms with Crippen LogP contribution in [0.1, 0.15) is 44.2 Å². The second kappa shape index (κ2) is 10.3. The van der Waals surface area contributed by atoms with Crippen LogP contribution in [0.3, 0.4) is 0 Å². The van der Waals surface area contributed by atoms with Gasteiger partial charge in [-0.15, -0.1) is 0 Å². The van der Waals surface area contributed by atoms with Gasteiger partial charge in [0.05, 0.1) is 0 Å². The maximum absolute atomic E-state index is 12.6. The van der Waals surface area contributed by atoms with Crippen LogP contribution < -0.4 is 10.6 Å². The lowest BCUT2D eigenvalue weighted by Crippen LogP contribution is -2.48. The number of aliphatic carboxylic acids is 1. The Labute approximate surface area is 193 Å². The summed E-state index contributed by atoms with van der Waals surface area (Å²) in [6, 6.07) is 15.3. The number of amides is 2. The number of benzene rings is 2. The number of carbonyl (C=O) groups excluding carboxylic acids is 2. The second-order valence-corrected chi connectivity index (χ2v) is 9.27. The lowest BCUT2D eigenvalue weighted by atomic mass is 9.88. The average Bonchev–Trinajstić information content (AvgIpc) is 3.07. The van der Waals surface area contributed by atoms with E-state index in [0.29, 0.717) is 6.42 Å². The highest BCUT2D eigenvalue weighted by molar-refractivity contribution is 5.86. The molecule has 7 heteroatoms. The van der Waals surface area contributed by atoms with Gasteiger partial charge in [-0.3, -0.25) is 4.79 Å². The van der Waals surface area contributed by atoms with E-state index in [0.717, 1.165) is 28.3 Å². The number of hydrogen-bond acceptors (Lipinski definition) is 4. The first-order valence-corrected chi connectivity index (χ1v) is 10.9. The van der Waals surface area contributed by atoms with E-state index in [-0.39, 0.29) is 24.5 Å². The molecule has 2 aromatic carbocycles. The first-order chi connectivity index (χ1) is 15.7. The predicted octanol–water partition coefficient (Wildman–Crippen LogP) is 4.09. The van der Waals surface area contributed by atoms with Crippen LogP contribution in [0.4, 0.5) is 4.79 Å². The van der Waals surface area contributed by atoms with Crippen molar-refractivity contribution in [3.05, 3.63) is 71.8 Å². The second-order valence-electron chi connectivity index (χ2n) is 9.27. The monoisotopic (exact) mass is 450 g/mol. The van der Waals surface area contributed by atoms with Crippen molar-refractivity contribution in [1.82, 2.24) is 10.6 Å². The number of carboxylic acid groups (broad SMARTS) is 1. The van der Waals surface area contributed by atoms with Crippen LogP contribution in [-0.4, -0.2) is 42.3 Å². The summed E-state index contributed by atoms with van der Waals surface area (Å²) in [6.45, 7) is 6.12. The van der Waals surface area contributed by atoms with Crippen LogP contribution in [0.25, 0.3) is 11.1 Å². The number of rotatable bonds is 8. The Morgan fingerprint density at radius 3 is 2.15 bits per heavy atom. The Hall–Kier alpha value is -3.61. The van der Waals surface area contributed by atoms with Crippen molar-refractivity contribution in [3.63, 3.8) is 0 Å². The standard InChI is InChI=1S/C26H30N2O5/c1-26(2,3)15-22(24(31)27-14-8-13-23(29)30)28-25(32)33-16-21-19-11-6-4-9-17(19)18-10-5-7-12-20(18)21/h4-13,21-22H,14-16H2,1-3H3,(H,27,31)(H,28,32)(H,29,30)/b13-8+. The van der Waals surface area contributed by atoms with Crippen molar-refractivity contribution in [3.8, 4) is 11.1 Å². The maximum Gasteiger partial charge on any atom is 0.407 e. The van der Waals surface area contributed by atoms with Crippen molar-refractivity contribution in [2.45, 2.75) is 39.2 Å². The highest BCUT2D eigenvalue weighted by Crippen LogP contribution is 2.44. The summed E-state index contributed by atoms with van der Waals surface area (Å²) in [5.74, 6) is -1.56. The molecular weight excluding hydrogens is 420 g/mol. The fourth-order valence-electron chi connectivity index (χ4n) is 4.05. The van der Waals surface area contributed by atoms with Gasteiger partial charge < -0.3 is 20.5 Å². The minimum Gasteiger partial charge on any atom is -0.478 e. The number of carboxylic acids is 1. The third kappa shape index (κ3) is 6.44. The molecule has 1 aliphatic carbocycles. The van der Waals surface area contributed by atoms with Crippen LogP contribution in [0.15, 0.2) is 60.7 Å². The zero-order valence-electron chi connectivity index (χ0n) is 19.1. The van der Waals surface area contributed by atoms with Crippen molar-refractivity contribution >= 4 is 18.0 Å². The predicted molar refractivity (Wildman–Crippen MR) is 126 cm³/mol. The topological polar surface area (TPSA) is 105 Å². The van der Waals surface area contributed by atoms with E-state index in [9.17, 15) is 14.4 Å². The normalized spacial score (nSPS) is 13.8. The molecule has 0 saturated carbocycles. The summed E-state index contributed by atoms with van der Waals surface area (Å²) in [6.07, 6.45) is 2.02. The minimum absolute atomic E-state index is 0.0537. The molecule has 1 unspecified atom stereocenters. The molecule has 0 spiro atoms. The third-order valence-corrected chi connectivity index (χ3v) is 5.42. The number of carbonyl (C=O) groups is 3. The smallest absolute Gasteiger partial charge is 0.407 e. The molecule has 3 rings (SSSR count). The van der Waals surface area contributed by atoms with Gasteiger partial charge in [-0.1, -0.05) is 75.4 Å². The molecule has 2 aromatic rings. The lowest BCUT2D eigenvalue weighted by Gasteiger charge is -2.26. The molecule has 2 amide bonds. The van der Waals surface area contributed by atoms with Crippen LogP contribution in [0.5, 0.6) is 0 Å². The molecule has 0 radical (unpaired) electrons. The summed E-state index contributed by atoms with van der Waals surface area (Å²) in [7, 11) is 0. The van der Waals surface area contributed by atoms with Crippen molar-refractivity contribution in [1.29, 1.82) is 0 Å². The summed E-state index contributed by atoms with van der Waals surface area (Å²) < 4.78 is 5.57. The first kappa shape index (κ1) is 24.0. The number of hydrogen-bond donors (Lipinski definition) is 3. The van der Waals surface area contributed by atoms with Gasteiger partial charge in [0, 0.05) is 18.5 Å². The molecule has 174 valence electrons. The van der Waals surface area contributed by atoms with Crippen molar-refractivity contribution in [2.24, 2.45) is 5.41 Å². The third-order valence-electron chi connectivity index (χ3n) is 5.42. The summed E-state index contributed by atoms with van der Waals surface area (Å²) in [4.78, 5) is 35.8. The molecular formula is C26H30N2O5. The first-order valence-electron chi connectivity index (χ1n) is 10.9. The molecule has 0 heterocycles. The lowest BCUT2D eigenvalue weighted by molar-refractivity contribution is -0.131. The SMILES string of the molecule is CC(C)(C)CC(NC(=O)OCC1c2ccccc2-c2ccccc21)C(=O)NC/C=C/C(=O)O. The molecule has 0 fully saturated rings. The van der Waals surface area contributed by atoms with E-state index in [4.69, 9.17) is 9.84 Å². The minimum atomic E-state index is -1.09. The maximum atomic E-state index is 12.6. The van der Waals surface area contributed by atoms with E-state index in [1.54, 1.807) is 0 Å². The van der Waals surface area contributed by atoms with E-state index in [1.807, 2.05) is 57.2 Å². The zero-order chi connectivity index (χ0) is 24.0. The largest absolute Gasteiger partial charge is 0.478 e. The van der Waals surface area contributed by atoms with Gasteiger partial charge in [-0.2, -0.15) is 0 Å². The molecule has 33 heavy (non-hydrogen) atoms. The van der Waals surface area contributed by atoms with Gasteiger partial charge in [0.25, 0.3) is 0 Å². The van der Waals surface area contributed by atoms with E-state index in [1.165, 1.54) is 6.08 Å². The Bertz CT molecular complexity index is 1010. The summed E-state index contributed by atoms with van der Waals surface area (Å²) in [5, 5.41) is 14.0. The number of fused-ring (bicyclic) bond motifs is 3. The Balaban J connectivity index is 1.64. The fraction of sp³-hybridized carbons (Fsp3) is 0.346. The van der Waals surface area contributed by atoms with Gasteiger partial charge in [-0.05, 0) is 34.1 Å². The average molecular weight is 451 g/mol. The quantitative estimate of drug-likeness (QED) is 0.526. The van der Waals surface area contributed by atoms with E-state index in [2.05, 4.69) is 22.8 Å². The highest BCUT2D eigenvalue weighted by Gasteiger charge is 2.30. The molecule has 0 aromatic heterocycles. The van der Waals surface area contributed by atoms with Crippen LogP contribution in [0, 0.1) is 5.41 Å². The zero-order valence-corrected chi connectivity index (χ0v) is 19.1. The Kier molecular flexibility index (Phi) is 7.53. The van der Waals surface area contributed by atoms with Crippen molar-refractivity contribution in [2.75, 3.05) is 13.2 Å². The van der Waals surface area contributed by atoms with Crippen molar-refractivity contribution < 1.29 is 24.2 Å². The van der Waals surface area contributed by atoms with Gasteiger partial charge in [0.1, 0.15) is 12.6 Å². The summed E-state index contributed by atoms with van der Waals surface area (Å²) in [5.41, 5.74) is 4.28. The van der Waals surface area contributed by atoms with Crippen LogP contribution in [-0.2, 0) is 14.3 Å². The van der Waals surface area contributed by atoms with Gasteiger partial charge in [-0.25, -0.2) is 9.59 Å². The van der Waals surface area contributed by atoms with Gasteiger partial charge >= 0.3 is 12.1 Å². The molecule has 0 saturated heterocycles. The summed E-state index contributed by atoms with van der Waals surface area (Å²) >= 11 is 0. The van der Waals surface area contributed by atoms with E-state index >= 15 is 0 Å². The van der Waals surface area contributed by atoms with Gasteiger partial charge in [0.15, 0.2) is 0 Å². The molecule has 1 aliphatic rings. The van der Waals surface area contributed by atoms with Crippen LogP contribution >= 0.6 is 0 Å². The molecule has 1 atom stereocenters. The Morgan fingerprint density at radius 2 is 1.61 bits per heavy atom. The fourth-order valence-corrected chi connectivity index (χ4v) is 4.05. The highest BCUT2D eigenvalue weighted by atomic mass is 16.5. The molecule has 7 nitrogen and oxygen atoms in total. The van der Waals surface area contributed by atoms with E-state index < -0.39 is 24.0 Å². The molecule has 0 bridgehead atoms. The number of alkyl carbamates (subject to hydrolysis) is 1.